The zero-order valence-electron chi connectivity index (χ0n) is 8.74. The predicted molar refractivity (Wildman–Crippen MR) is 55.0 cm³/mol. The Morgan fingerprint density at radius 2 is 1.60 bits per heavy atom. The summed E-state index contributed by atoms with van der Waals surface area (Å²) >= 11 is 0. The molecule has 15 heavy (non-hydrogen) atoms. The predicted octanol–water partition coefficient (Wildman–Crippen LogP) is 2.08. The summed E-state index contributed by atoms with van der Waals surface area (Å²) in [6.07, 6.45) is 0. The van der Waals surface area contributed by atoms with E-state index in [0.29, 0.717) is 6.54 Å². The summed E-state index contributed by atoms with van der Waals surface area (Å²) < 4.78 is 14.7. The quantitative estimate of drug-likeness (QED) is 0.751. The maximum atomic E-state index is 12.7. The molecule has 0 aliphatic heterocycles. The minimum Gasteiger partial charge on any atom is -0.311 e. The molecule has 0 aliphatic carbocycles. The van der Waals surface area contributed by atoms with Crippen molar-refractivity contribution in [2.24, 2.45) is 0 Å². The zero-order valence-corrected chi connectivity index (χ0v) is 8.74. The molecule has 0 saturated heterocycles. The van der Waals surface area contributed by atoms with Crippen LogP contribution in [0.1, 0.15) is 17.2 Å². The summed E-state index contributed by atoms with van der Waals surface area (Å²) in [5.74, 6) is 1.53. The van der Waals surface area contributed by atoms with Gasteiger partial charge in [-0.1, -0.05) is 12.1 Å². The summed E-state index contributed by atoms with van der Waals surface area (Å²) in [7, 11) is 0. The van der Waals surface area contributed by atoms with Crippen LogP contribution >= 0.6 is 0 Å². The van der Waals surface area contributed by atoms with Crippen molar-refractivity contribution in [1.82, 2.24) is 14.8 Å². The number of rotatable bonds is 2. The van der Waals surface area contributed by atoms with Crippen LogP contribution in [0.3, 0.4) is 0 Å². The Labute approximate surface area is 87.6 Å². The molecule has 1 aromatic carbocycles. The van der Waals surface area contributed by atoms with Crippen molar-refractivity contribution in [3.8, 4) is 0 Å². The molecule has 0 saturated carbocycles. The van der Waals surface area contributed by atoms with Gasteiger partial charge in [0.25, 0.3) is 0 Å². The lowest BCUT2D eigenvalue weighted by atomic mass is 10.2. The summed E-state index contributed by atoms with van der Waals surface area (Å²) in [6, 6.07) is 6.47. The molecular weight excluding hydrogens is 193 g/mol. The lowest BCUT2D eigenvalue weighted by Gasteiger charge is -2.05. The van der Waals surface area contributed by atoms with E-state index < -0.39 is 0 Å². The second-order valence-corrected chi connectivity index (χ2v) is 3.51. The molecule has 78 valence electrons. The molecule has 3 nitrogen and oxygen atoms in total. The second kappa shape index (κ2) is 3.81. The Hall–Kier alpha value is -1.71. The molecular formula is C11H12FN3. The largest absolute Gasteiger partial charge is 0.311 e. The van der Waals surface area contributed by atoms with Crippen LogP contribution in [0, 0.1) is 19.7 Å². The van der Waals surface area contributed by atoms with Crippen LogP contribution in [0.2, 0.25) is 0 Å². The first-order chi connectivity index (χ1) is 7.16. The van der Waals surface area contributed by atoms with E-state index in [1.165, 1.54) is 12.1 Å². The number of halogens is 1. The van der Waals surface area contributed by atoms with E-state index in [1.54, 1.807) is 12.1 Å². The van der Waals surface area contributed by atoms with E-state index in [4.69, 9.17) is 0 Å². The summed E-state index contributed by atoms with van der Waals surface area (Å²) in [6.45, 7) is 4.50. The molecule has 2 aromatic rings. The normalized spacial score (nSPS) is 10.6. The highest BCUT2D eigenvalue weighted by Gasteiger charge is 2.04. The van der Waals surface area contributed by atoms with E-state index in [1.807, 2.05) is 18.4 Å². The topological polar surface area (TPSA) is 30.7 Å². The Morgan fingerprint density at radius 1 is 1.07 bits per heavy atom. The van der Waals surface area contributed by atoms with Crippen molar-refractivity contribution in [3.63, 3.8) is 0 Å². The Morgan fingerprint density at radius 3 is 2.13 bits per heavy atom. The van der Waals surface area contributed by atoms with Gasteiger partial charge in [0, 0.05) is 0 Å². The molecule has 0 aliphatic rings. The second-order valence-electron chi connectivity index (χ2n) is 3.51. The van der Waals surface area contributed by atoms with E-state index in [2.05, 4.69) is 10.2 Å². The maximum absolute atomic E-state index is 12.7. The average Bonchev–Trinajstić information content (AvgIpc) is 2.53. The minimum atomic E-state index is -0.212. The summed E-state index contributed by atoms with van der Waals surface area (Å²) in [4.78, 5) is 0. The lowest BCUT2D eigenvalue weighted by molar-refractivity contribution is 0.626. The van der Waals surface area contributed by atoms with E-state index in [-0.39, 0.29) is 5.82 Å². The van der Waals surface area contributed by atoms with Gasteiger partial charge >= 0.3 is 0 Å². The molecule has 0 bridgehead atoms. The molecule has 1 aromatic heterocycles. The first kappa shape index (κ1) is 9.83. The molecule has 0 fully saturated rings. The third kappa shape index (κ3) is 2.03. The first-order valence-electron chi connectivity index (χ1n) is 4.77. The Kier molecular flexibility index (Phi) is 2.49. The molecule has 0 spiro atoms. The first-order valence-corrected chi connectivity index (χ1v) is 4.77. The molecule has 4 heteroatoms. The van der Waals surface area contributed by atoms with Crippen molar-refractivity contribution in [2.45, 2.75) is 20.4 Å². The highest BCUT2D eigenvalue weighted by atomic mass is 19.1. The highest BCUT2D eigenvalue weighted by molar-refractivity contribution is 5.17. The number of hydrogen-bond acceptors (Lipinski definition) is 2. The maximum Gasteiger partial charge on any atom is 0.130 e. The van der Waals surface area contributed by atoms with Crippen molar-refractivity contribution in [2.75, 3.05) is 0 Å². The fraction of sp³-hybridized carbons (Fsp3) is 0.273. The molecule has 0 unspecified atom stereocenters. The molecule has 0 N–H and O–H groups in total. The SMILES string of the molecule is Cc1nnc(C)n1Cc1ccc(F)cc1. The van der Waals surface area contributed by atoms with Gasteiger partial charge in [-0.15, -0.1) is 10.2 Å². The minimum absolute atomic E-state index is 0.212. The van der Waals surface area contributed by atoms with E-state index >= 15 is 0 Å². The third-order valence-corrected chi connectivity index (χ3v) is 2.37. The van der Waals surface area contributed by atoms with Gasteiger partial charge in [-0.25, -0.2) is 4.39 Å². The molecule has 1 heterocycles. The van der Waals surface area contributed by atoms with Gasteiger partial charge in [0.2, 0.25) is 0 Å². The fourth-order valence-corrected chi connectivity index (χ4v) is 1.49. The average molecular weight is 205 g/mol. The van der Waals surface area contributed by atoms with Crippen molar-refractivity contribution >= 4 is 0 Å². The van der Waals surface area contributed by atoms with Gasteiger partial charge in [0.15, 0.2) is 0 Å². The number of benzene rings is 1. The van der Waals surface area contributed by atoms with E-state index in [0.717, 1.165) is 17.2 Å². The molecule has 0 radical (unpaired) electrons. The van der Waals surface area contributed by atoms with Crippen LogP contribution in [0.4, 0.5) is 4.39 Å². The van der Waals surface area contributed by atoms with Crippen LogP contribution in [0.25, 0.3) is 0 Å². The smallest absolute Gasteiger partial charge is 0.130 e. The number of hydrogen-bond donors (Lipinski definition) is 0. The van der Waals surface area contributed by atoms with Gasteiger partial charge in [-0.2, -0.15) is 0 Å². The van der Waals surface area contributed by atoms with Crippen LogP contribution in [-0.4, -0.2) is 14.8 Å². The van der Waals surface area contributed by atoms with Gasteiger partial charge in [0.1, 0.15) is 17.5 Å². The van der Waals surface area contributed by atoms with Gasteiger partial charge in [-0.3, -0.25) is 0 Å². The van der Waals surface area contributed by atoms with E-state index in [9.17, 15) is 4.39 Å². The van der Waals surface area contributed by atoms with Gasteiger partial charge in [-0.05, 0) is 31.5 Å². The molecule has 0 atom stereocenters. The number of nitrogens with zero attached hydrogens (tertiary/aromatic N) is 3. The Balaban J connectivity index is 2.25. The molecule has 2 rings (SSSR count). The summed E-state index contributed by atoms with van der Waals surface area (Å²) in [5, 5.41) is 7.94. The summed E-state index contributed by atoms with van der Waals surface area (Å²) in [5.41, 5.74) is 1.04. The fourth-order valence-electron chi connectivity index (χ4n) is 1.49. The van der Waals surface area contributed by atoms with Crippen LogP contribution in [0.5, 0.6) is 0 Å². The third-order valence-electron chi connectivity index (χ3n) is 2.37. The number of aromatic nitrogens is 3. The molecule has 0 amide bonds. The number of aryl methyl sites for hydroxylation is 2. The van der Waals surface area contributed by atoms with Crippen molar-refractivity contribution in [3.05, 3.63) is 47.3 Å². The van der Waals surface area contributed by atoms with Gasteiger partial charge in [0.05, 0.1) is 6.54 Å². The van der Waals surface area contributed by atoms with Crippen molar-refractivity contribution in [1.29, 1.82) is 0 Å². The van der Waals surface area contributed by atoms with Crippen molar-refractivity contribution < 1.29 is 4.39 Å². The van der Waals surface area contributed by atoms with Gasteiger partial charge < -0.3 is 4.57 Å². The van der Waals surface area contributed by atoms with Crippen LogP contribution in [0.15, 0.2) is 24.3 Å². The Bertz CT molecular complexity index is 440. The van der Waals surface area contributed by atoms with Crippen LogP contribution < -0.4 is 0 Å². The lowest BCUT2D eigenvalue weighted by Crippen LogP contribution is -2.04. The standard InChI is InChI=1S/C11H12FN3/c1-8-13-14-9(2)15(8)7-10-3-5-11(12)6-4-10/h3-6H,7H2,1-2H3. The monoisotopic (exact) mass is 205 g/mol. The van der Waals surface area contributed by atoms with Crippen LogP contribution in [-0.2, 0) is 6.54 Å². The zero-order chi connectivity index (χ0) is 10.8. The highest BCUT2D eigenvalue weighted by Crippen LogP contribution is 2.08.